The van der Waals surface area contributed by atoms with Gasteiger partial charge < -0.3 is 15.0 Å². The topological polar surface area (TPSA) is 58.6 Å². The number of hydrogen-bond donors (Lipinski definition) is 1. The Kier molecular flexibility index (Phi) is 5.34. The number of benzene rings is 2. The number of likely N-dealkylation sites (tertiary alicyclic amines) is 1. The largest absolute Gasteiger partial charge is 0.573 e. The Morgan fingerprint density at radius 3 is 2.00 bits per heavy atom. The SMILES string of the molecule is O=C(Nc1ccc(C(=O)N2CCCC2)cc1)c1ccc(OC(F)(F)F)cc1. The molecule has 27 heavy (non-hydrogen) atoms. The lowest BCUT2D eigenvalue weighted by atomic mass is 10.1. The van der Waals surface area contributed by atoms with Crippen LogP contribution in [0.25, 0.3) is 0 Å². The molecule has 1 heterocycles. The summed E-state index contributed by atoms with van der Waals surface area (Å²) in [5.41, 5.74) is 1.21. The first-order chi connectivity index (χ1) is 12.8. The summed E-state index contributed by atoms with van der Waals surface area (Å²) in [5.74, 6) is -0.915. The number of amides is 2. The highest BCUT2D eigenvalue weighted by Crippen LogP contribution is 2.23. The number of nitrogens with zero attached hydrogens (tertiary/aromatic N) is 1. The molecule has 1 N–H and O–H groups in total. The molecule has 0 radical (unpaired) electrons. The van der Waals surface area contributed by atoms with Crippen molar-refractivity contribution >= 4 is 17.5 Å². The number of ether oxygens (including phenoxy) is 1. The Bertz CT molecular complexity index is 812. The highest BCUT2D eigenvalue weighted by atomic mass is 19.4. The van der Waals surface area contributed by atoms with Crippen LogP contribution >= 0.6 is 0 Å². The molecule has 0 saturated carbocycles. The Morgan fingerprint density at radius 1 is 0.889 bits per heavy atom. The number of carbonyl (C=O) groups is 2. The molecule has 0 atom stereocenters. The van der Waals surface area contributed by atoms with Gasteiger partial charge in [0.05, 0.1) is 0 Å². The van der Waals surface area contributed by atoms with Gasteiger partial charge >= 0.3 is 6.36 Å². The monoisotopic (exact) mass is 378 g/mol. The summed E-state index contributed by atoms with van der Waals surface area (Å²) in [6, 6.07) is 11.1. The molecule has 1 aliphatic heterocycles. The van der Waals surface area contributed by atoms with Crippen molar-refractivity contribution in [3.05, 3.63) is 59.7 Å². The minimum Gasteiger partial charge on any atom is -0.406 e. The van der Waals surface area contributed by atoms with Gasteiger partial charge in [-0.25, -0.2) is 0 Å². The van der Waals surface area contributed by atoms with Crippen molar-refractivity contribution in [2.75, 3.05) is 18.4 Å². The maximum absolute atomic E-state index is 12.3. The van der Waals surface area contributed by atoms with E-state index in [9.17, 15) is 22.8 Å². The fourth-order valence-electron chi connectivity index (χ4n) is 2.81. The Morgan fingerprint density at radius 2 is 1.44 bits per heavy atom. The van der Waals surface area contributed by atoms with Gasteiger partial charge in [0.15, 0.2) is 0 Å². The van der Waals surface area contributed by atoms with E-state index in [0.29, 0.717) is 11.3 Å². The van der Waals surface area contributed by atoms with Crippen LogP contribution in [0.3, 0.4) is 0 Å². The highest BCUT2D eigenvalue weighted by molar-refractivity contribution is 6.04. The molecule has 1 aliphatic rings. The summed E-state index contributed by atoms with van der Waals surface area (Å²) in [6.07, 6.45) is -2.77. The van der Waals surface area contributed by atoms with E-state index in [0.717, 1.165) is 38.1 Å². The van der Waals surface area contributed by atoms with E-state index in [1.54, 1.807) is 29.2 Å². The van der Waals surface area contributed by atoms with Gasteiger partial charge in [0, 0.05) is 29.9 Å². The predicted molar refractivity (Wildman–Crippen MR) is 92.7 cm³/mol. The quantitative estimate of drug-likeness (QED) is 0.872. The van der Waals surface area contributed by atoms with Crippen molar-refractivity contribution in [2.45, 2.75) is 19.2 Å². The van der Waals surface area contributed by atoms with Crippen LogP contribution in [0.2, 0.25) is 0 Å². The second-order valence-corrected chi connectivity index (χ2v) is 6.10. The second kappa shape index (κ2) is 7.69. The fraction of sp³-hybridized carbons (Fsp3) is 0.263. The van der Waals surface area contributed by atoms with E-state index in [1.807, 2.05) is 0 Å². The third kappa shape index (κ3) is 4.99. The fourth-order valence-corrected chi connectivity index (χ4v) is 2.81. The first-order valence-corrected chi connectivity index (χ1v) is 8.38. The summed E-state index contributed by atoms with van der Waals surface area (Å²) in [6.45, 7) is 1.51. The Balaban J connectivity index is 1.61. The van der Waals surface area contributed by atoms with Crippen molar-refractivity contribution in [3.8, 4) is 5.75 Å². The van der Waals surface area contributed by atoms with Gasteiger partial charge in [-0.3, -0.25) is 9.59 Å². The lowest BCUT2D eigenvalue weighted by Gasteiger charge is -2.15. The molecule has 1 saturated heterocycles. The molecule has 0 bridgehead atoms. The van der Waals surface area contributed by atoms with E-state index in [4.69, 9.17) is 0 Å². The van der Waals surface area contributed by atoms with Crippen LogP contribution < -0.4 is 10.1 Å². The minimum atomic E-state index is -4.78. The molecule has 142 valence electrons. The molecular formula is C19H17F3N2O3. The minimum absolute atomic E-state index is 0.0365. The molecular weight excluding hydrogens is 361 g/mol. The van der Waals surface area contributed by atoms with E-state index >= 15 is 0 Å². The Hall–Kier alpha value is -3.03. The molecule has 0 aromatic heterocycles. The molecule has 0 spiro atoms. The maximum atomic E-state index is 12.3. The van der Waals surface area contributed by atoms with Gasteiger partial charge in [0.25, 0.3) is 11.8 Å². The average molecular weight is 378 g/mol. The number of anilines is 1. The van der Waals surface area contributed by atoms with Gasteiger partial charge in [-0.15, -0.1) is 13.2 Å². The van der Waals surface area contributed by atoms with Crippen molar-refractivity contribution < 1.29 is 27.5 Å². The third-order valence-electron chi connectivity index (χ3n) is 4.13. The number of rotatable bonds is 4. The van der Waals surface area contributed by atoms with Gasteiger partial charge in [-0.1, -0.05) is 0 Å². The van der Waals surface area contributed by atoms with E-state index in [2.05, 4.69) is 10.1 Å². The number of hydrogen-bond acceptors (Lipinski definition) is 3. The predicted octanol–water partition coefficient (Wildman–Crippen LogP) is 4.07. The number of carbonyl (C=O) groups excluding carboxylic acids is 2. The summed E-state index contributed by atoms with van der Waals surface area (Å²) in [5, 5.41) is 2.63. The molecule has 5 nitrogen and oxygen atoms in total. The molecule has 2 aromatic carbocycles. The van der Waals surface area contributed by atoms with Crippen LogP contribution in [0.15, 0.2) is 48.5 Å². The number of nitrogens with one attached hydrogen (secondary N) is 1. The molecule has 0 unspecified atom stereocenters. The normalized spacial score (nSPS) is 14.1. The van der Waals surface area contributed by atoms with E-state index < -0.39 is 18.0 Å². The van der Waals surface area contributed by atoms with Crippen LogP contribution in [-0.4, -0.2) is 36.2 Å². The van der Waals surface area contributed by atoms with Crippen molar-refractivity contribution in [2.24, 2.45) is 0 Å². The average Bonchev–Trinajstić information content (AvgIpc) is 3.15. The maximum Gasteiger partial charge on any atom is 0.573 e. The van der Waals surface area contributed by atoms with Crippen molar-refractivity contribution in [1.82, 2.24) is 4.90 Å². The summed E-state index contributed by atoms with van der Waals surface area (Å²) in [7, 11) is 0. The zero-order chi connectivity index (χ0) is 19.4. The summed E-state index contributed by atoms with van der Waals surface area (Å²) < 4.78 is 40.2. The molecule has 1 fully saturated rings. The van der Waals surface area contributed by atoms with Gasteiger partial charge in [-0.05, 0) is 61.4 Å². The molecule has 2 amide bonds. The van der Waals surface area contributed by atoms with Crippen molar-refractivity contribution in [3.63, 3.8) is 0 Å². The Labute approximate surface area is 153 Å². The lowest BCUT2D eigenvalue weighted by molar-refractivity contribution is -0.274. The highest BCUT2D eigenvalue weighted by Gasteiger charge is 2.31. The smallest absolute Gasteiger partial charge is 0.406 e. The number of halogens is 3. The first kappa shape index (κ1) is 18.8. The standard InChI is InChI=1S/C19H17F3N2O3/c20-19(21,22)27-16-9-5-13(6-10-16)17(25)23-15-7-3-14(4-8-15)18(26)24-11-1-2-12-24/h3-10H,1-2,11-12H2,(H,23,25). The molecule has 0 aliphatic carbocycles. The molecule has 8 heteroatoms. The van der Waals surface area contributed by atoms with E-state index in [-0.39, 0.29) is 11.5 Å². The molecule has 2 aromatic rings. The lowest BCUT2D eigenvalue weighted by Crippen LogP contribution is -2.27. The zero-order valence-electron chi connectivity index (χ0n) is 14.3. The van der Waals surface area contributed by atoms with Crippen LogP contribution in [0, 0.1) is 0 Å². The number of alkyl halides is 3. The van der Waals surface area contributed by atoms with Gasteiger partial charge in [0.2, 0.25) is 0 Å². The zero-order valence-corrected chi connectivity index (χ0v) is 14.3. The van der Waals surface area contributed by atoms with Crippen LogP contribution in [0.1, 0.15) is 33.6 Å². The van der Waals surface area contributed by atoms with Crippen LogP contribution in [0.5, 0.6) is 5.75 Å². The third-order valence-corrected chi connectivity index (χ3v) is 4.13. The summed E-state index contributed by atoms with van der Waals surface area (Å²) >= 11 is 0. The van der Waals surface area contributed by atoms with Crippen LogP contribution in [0.4, 0.5) is 18.9 Å². The molecule has 3 rings (SSSR count). The van der Waals surface area contributed by atoms with Crippen molar-refractivity contribution in [1.29, 1.82) is 0 Å². The van der Waals surface area contributed by atoms with Gasteiger partial charge in [-0.2, -0.15) is 0 Å². The van der Waals surface area contributed by atoms with Gasteiger partial charge in [0.1, 0.15) is 5.75 Å². The first-order valence-electron chi connectivity index (χ1n) is 8.38. The van der Waals surface area contributed by atoms with E-state index in [1.165, 1.54) is 12.1 Å². The summed E-state index contributed by atoms with van der Waals surface area (Å²) in [4.78, 5) is 26.3. The second-order valence-electron chi connectivity index (χ2n) is 6.10. The van der Waals surface area contributed by atoms with Crippen LogP contribution in [-0.2, 0) is 0 Å².